The molecule has 0 aliphatic heterocycles. The van der Waals surface area contributed by atoms with Crippen LogP contribution in [0.5, 0.6) is 5.88 Å². The van der Waals surface area contributed by atoms with E-state index in [1.165, 1.54) is 20.3 Å². The van der Waals surface area contributed by atoms with Gasteiger partial charge in [-0.15, -0.1) is 0 Å². The molecule has 1 aromatic rings. The lowest BCUT2D eigenvalue weighted by Gasteiger charge is -2.16. The molecule has 0 aliphatic rings. The number of methoxy groups -OCH3 is 2. The van der Waals surface area contributed by atoms with Gasteiger partial charge in [-0.05, 0) is 6.07 Å². The lowest BCUT2D eigenvalue weighted by atomic mass is 10.2. The summed E-state index contributed by atoms with van der Waals surface area (Å²) in [7, 11) is 6.30. The van der Waals surface area contributed by atoms with Crippen molar-refractivity contribution in [1.29, 1.82) is 0 Å². The molecule has 6 heteroatoms. The highest BCUT2D eigenvalue weighted by Crippen LogP contribution is 2.28. The number of hydrogen-bond donors (Lipinski definition) is 0. The molecular weight excluding hydrogens is 232 g/mol. The first-order chi connectivity index (χ1) is 7.51. The summed E-state index contributed by atoms with van der Waals surface area (Å²) >= 11 is 5.89. The summed E-state index contributed by atoms with van der Waals surface area (Å²) in [5, 5.41) is 0.272. The van der Waals surface area contributed by atoms with Gasteiger partial charge in [-0.3, -0.25) is 0 Å². The number of esters is 1. The maximum absolute atomic E-state index is 11.5. The van der Waals surface area contributed by atoms with Gasteiger partial charge in [0.2, 0.25) is 5.88 Å². The molecule has 1 aromatic heterocycles. The van der Waals surface area contributed by atoms with Gasteiger partial charge in [0.15, 0.2) is 0 Å². The van der Waals surface area contributed by atoms with Crippen molar-refractivity contribution in [3.63, 3.8) is 0 Å². The van der Waals surface area contributed by atoms with Crippen LogP contribution in [-0.4, -0.2) is 39.3 Å². The Labute approximate surface area is 98.9 Å². The average molecular weight is 245 g/mol. The van der Waals surface area contributed by atoms with E-state index < -0.39 is 5.97 Å². The van der Waals surface area contributed by atoms with E-state index in [2.05, 4.69) is 9.72 Å². The third-order valence-corrected chi connectivity index (χ3v) is 2.22. The van der Waals surface area contributed by atoms with Crippen molar-refractivity contribution in [3.8, 4) is 5.88 Å². The Morgan fingerprint density at radius 1 is 1.44 bits per heavy atom. The van der Waals surface area contributed by atoms with E-state index in [9.17, 15) is 4.79 Å². The van der Waals surface area contributed by atoms with Crippen molar-refractivity contribution in [2.75, 3.05) is 33.2 Å². The molecule has 0 saturated heterocycles. The number of rotatable bonds is 3. The van der Waals surface area contributed by atoms with Crippen LogP contribution in [0.2, 0.25) is 5.02 Å². The summed E-state index contributed by atoms with van der Waals surface area (Å²) in [5.41, 5.74) is 0.304. The van der Waals surface area contributed by atoms with E-state index >= 15 is 0 Å². The zero-order valence-electron chi connectivity index (χ0n) is 9.57. The standard InChI is InChI=1S/C10H13ClN2O3/c1-13(2)8-6(10(14)16-4)5-7(11)9(12-8)15-3/h5H,1-4H3. The third-order valence-electron chi connectivity index (χ3n) is 1.95. The van der Waals surface area contributed by atoms with E-state index in [-0.39, 0.29) is 10.9 Å². The SMILES string of the molecule is COC(=O)c1cc(Cl)c(OC)nc1N(C)C. The molecular formula is C10H13ClN2O3. The average Bonchev–Trinajstić information content (AvgIpc) is 2.27. The van der Waals surface area contributed by atoms with Crippen molar-refractivity contribution in [2.45, 2.75) is 0 Å². The summed E-state index contributed by atoms with van der Waals surface area (Å²) in [6, 6.07) is 1.48. The molecule has 0 spiro atoms. The van der Waals surface area contributed by atoms with E-state index in [1.54, 1.807) is 19.0 Å². The van der Waals surface area contributed by atoms with Crippen LogP contribution in [0.15, 0.2) is 6.07 Å². The molecule has 88 valence electrons. The second-order valence-corrected chi connectivity index (χ2v) is 3.64. The minimum Gasteiger partial charge on any atom is -0.480 e. The molecule has 1 heterocycles. The van der Waals surface area contributed by atoms with Gasteiger partial charge in [-0.1, -0.05) is 11.6 Å². The van der Waals surface area contributed by atoms with Gasteiger partial charge in [0, 0.05) is 14.1 Å². The van der Waals surface area contributed by atoms with Crippen molar-refractivity contribution >= 4 is 23.4 Å². The first-order valence-corrected chi connectivity index (χ1v) is 4.89. The van der Waals surface area contributed by atoms with Crippen molar-refractivity contribution in [2.24, 2.45) is 0 Å². The van der Waals surface area contributed by atoms with Crippen molar-refractivity contribution < 1.29 is 14.3 Å². The molecule has 0 unspecified atom stereocenters. The highest BCUT2D eigenvalue weighted by Gasteiger charge is 2.18. The van der Waals surface area contributed by atoms with Crippen LogP contribution >= 0.6 is 11.6 Å². The molecule has 0 atom stereocenters. The zero-order chi connectivity index (χ0) is 12.3. The Balaban J connectivity index is 3.36. The predicted molar refractivity (Wildman–Crippen MR) is 61.5 cm³/mol. The van der Waals surface area contributed by atoms with Crippen molar-refractivity contribution in [3.05, 3.63) is 16.7 Å². The van der Waals surface area contributed by atoms with Crippen LogP contribution in [0.3, 0.4) is 0 Å². The van der Waals surface area contributed by atoms with Crippen LogP contribution in [0, 0.1) is 0 Å². The highest BCUT2D eigenvalue weighted by atomic mass is 35.5. The first kappa shape index (κ1) is 12.6. The van der Waals surface area contributed by atoms with Crippen LogP contribution in [0.25, 0.3) is 0 Å². The number of pyridine rings is 1. The fourth-order valence-electron chi connectivity index (χ4n) is 1.21. The highest BCUT2D eigenvalue weighted by molar-refractivity contribution is 6.32. The number of nitrogens with zero attached hydrogens (tertiary/aromatic N) is 2. The normalized spacial score (nSPS) is 9.81. The molecule has 0 bridgehead atoms. The molecule has 1 rings (SSSR count). The van der Waals surface area contributed by atoms with Gasteiger partial charge in [0.05, 0.1) is 14.2 Å². The minimum atomic E-state index is -0.485. The summed E-state index contributed by atoms with van der Waals surface area (Å²) in [5.74, 6) is 0.242. The molecule has 0 N–H and O–H groups in total. The van der Waals surface area contributed by atoms with Gasteiger partial charge in [-0.25, -0.2) is 4.79 Å². The predicted octanol–water partition coefficient (Wildman–Crippen LogP) is 1.60. The van der Waals surface area contributed by atoms with Crippen LogP contribution in [0.4, 0.5) is 5.82 Å². The summed E-state index contributed by atoms with van der Waals surface area (Å²) in [4.78, 5) is 17.3. The van der Waals surface area contributed by atoms with Crippen molar-refractivity contribution in [1.82, 2.24) is 4.98 Å². The van der Waals surface area contributed by atoms with Crippen LogP contribution in [-0.2, 0) is 4.74 Å². The Bertz CT molecular complexity index is 407. The van der Waals surface area contributed by atoms with Gasteiger partial charge < -0.3 is 14.4 Å². The first-order valence-electron chi connectivity index (χ1n) is 4.51. The number of halogens is 1. The Hall–Kier alpha value is -1.49. The van der Waals surface area contributed by atoms with E-state index in [4.69, 9.17) is 16.3 Å². The van der Waals surface area contributed by atoms with Gasteiger partial charge in [0.25, 0.3) is 0 Å². The Morgan fingerprint density at radius 3 is 2.50 bits per heavy atom. The Kier molecular flexibility index (Phi) is 3.95. The lowest BCUT2D eigenvalue weighted by Crippen LogP contribution is -2.17. The maximum Gasteiger partial charge on any atom is 0.341 e. The van der Waals surface area contributed by atoms with Gasteiger partial charge >= 0.3 is 5.97 Å². The largest absolute Gasteiger partial charge is 0.480 e. The second-order valence-electron chi connectivity index (χ2n) is 3.24. The maximum atomic E-state index is 11.5. The monoisotopic (exact) mass is 244 g/mol. The van der Waals surface area contributed by atoms with E-state index in [0.29, 0.717) is 11.4 Å². The molecule has 0 aromatic carbocycles. The fraction of sp³-hybridized carbons (Fsp3) is 0.400. The van der Waals surface area contributed by atoms with Gasteiger partial charge in [-0.2, -0.15) is 4.98 Å². The third kappa shape index (κ3) is 2.36. The van der Waals surface area contributed by atoms with E-state index in [1.807, 2.05) is 0 Å². The van der Waals surface area contributed by atoms with Crippen LogP contribution < -0.4 is 9.64 Å². The summed E-state index contributed by atoms with van der Waals surface area (Å²) in [6.45, 7) is 0. The minimum absolute atomic E-state index is 0.272. The number of carbonyl (C=O) groups is 1. The quantitative estimate of drug-likeness (QED) is 0.756. The molecule has 5 nitrogen and oxygen atoms in total. The number of ether oxygens (including phenoxy) is 2. The summed E-state index contributed by atoms with van der Waals surface area (Å²) in [6.07, 6.45) is 0. The number of carbonyl (C=O) groups excluding carboxylic acids is 1. The molecule has 0 saturated carbocycles. The zero-order valence-corrected chi connectivity index (χ0v) is 10.3. The van der Waals surface area contributed by atoms with Gasteiger partial charge in [0.1, 0.15) is 16.4 Å². The van der Waals surface area contributed by atoms with E-state index in [0.717, 1.165) is 0 Å². The number of anilines is 1. The topological polar surface area (TPSA) is 51.7 Å². The molecule has 16 heavy (non-hydrogen) atoms. The lowest BCUT2D eigenvalue weighted by molar-refractivity contribution is 0.0601. The molecule has 0 amide bonds. The Morgan fingerprint density at radius 2 is 2.06 bits per heavy atom. The second kappa shape index (κ2) is 5.03. The number of aromatic nitrogens is 1. The molecule has 0 radical (unpaired) electrons. The smallest absolute Gasteiger partial charge is 0.341 e. The van der Waals surface area contributed by atoms with Crippen LogP contribution in [0.1, 0.15) is 10.4 Å². The molecule has 0 aliphatic carbocycles. The summed E-state index contributed by atoms with van der Waals surface area (Å²) < 4.78 is 9.63. The number of hydrogen-bond acceptors (Lipinski definition) is 5. The molecule has 0 fully saturated rings. The fourth-order valence-corrected chi connectivity index (χ4v) is 1.44.